The molecule has 0 fully saturated rings. The van der Waals surface area contributed by atoms with E-state index in [0.717, 1.165) is 0 Å². The third kappa shape index (κ3) is 3.02. The fourth-order valence-electron chi connectivity index (χ4n) is 1.03. The Morgan fingerprint density at radius 2 is 2.07 bits per heavy atom. The van der Waals surface area contributed by atoms with Crippen molar-refractivity contribution < 1.29 is 4.79 Å². The minimum atomic E-state index is -0.174. The molecule has 0 spiro atoms. The molecule has 1 heterocycles. The monoisotopic (exact) mass is 270 g/mol. The molecule has 3 nitrogen and oxygen atoms in total. The minimum Gasteiger partial charge on any atom is -0.337 e. The van der Waals surface area contributed by atoms with E-state index in [9.17, 15) is 4.79 Å². The standard InChI is InChI=1S/C11H15BrN2O/c1-11(2,3)14(4)10(15)8-5-6-13-9(12)7-8/h5-7H,1-4H3. The molecule has 0 atom stereocenters. The summed E-state index contributed by atoms with van der Waals surface area (Å²) in [5, 5.41) is 0. The van der Waals surface area contributed by atoms with Crippen molar-refractivity contribution in [3.05, 3.63) is 28.5 Å². The smallest absolute Gasteiger partial charge is 0.254 e. The Balaban J connectivity index is 2.95. The second kappa shape index (κ2) is 4.31. The number of amides is 1. The molecule has 4 heteroatoms. The van der Waals surface area contributed by atoms with E-state index < -0.39 is 0 Å². The van der Waals surface area contributed by atoms with Gasteiger partial charge in [0, 0.05) is 24.3 Å². The lowest BCUT2D eigenvalue weighted by Crippen LogP contribution is -2.42. The lowest BCUT2D eigenvalue weighted by Gasteiger charge is -2.32. The summed E-state index contributed by atoms with van der Waals surface area (Å²) >= 11 is 3.25. The lowest BCUT2D eigenvalue weighted by atomic mass is 10.1. The fourth-order valence-corrected chi connectivity index (χ4v) is 1.40. The SMILES string of the molecule is CN(C(=O)c1ccnc(Br)c1)C(C)(C)C. The summed E-state index contributed by atoms with van der Waals surface area (Å²) in [6.07, 6.45) is 1.62. The number of carbonyl (C=O) groups excluding carboxylic acids is 1. The molecular weight excluding hydrogens is 256 g/mol. The molecular formula is C11H15BrN2O. The van der Waals surface area contributed by atoms with E-state index in [4.69, 9.17) is 0 Å². The first-order valence-electron chi connectivity index (χ1n) is 4.72. The second-order valence-electron chi connectivity index (χ2n) is 4.40. The van der Waals surface area contributed by atoms with Crippen LogP contribution in [0.2, 0.25) is 0 Å². The van der Waals surface area contributed by atoms with E-state index in [1.54, 1.807) is 30.3 Å². The number of aromatic nitrogens is 1. The van der Waals surface area contributed by atoms with Crippen LogP contribution >= 0.6 is 15.9 Å². The Hall–Kier alpha value is -0.900. The number of hydrogen-bond acceptors (Lipinski definition) is 2. The maximum absolute atomic E-state index is 12.0. The number of carbonyl (C=O) groups is 1. The summed E-state index contributed by atoms with van der Waals surface area (Å²) in [6, 6.07) is 3.44. The van der Waals surface area contributed by atoms with E-state index in [1.165, 1.54) is 0 Å². The number of pyridine rings is 1. The van der Waals surface area contributed by atoms with Gasteiger partial charge in [-0.3, -0.25) is 4.79 Å². The van der Waals surface area contributed by atoms with Crippen molar-refractivity contribution in [3.63, 3.8) is 0 Å². The van der Waals surface area contributed by atoms with Gasteiger partial charge in [-0.05, 0) is 48.8 Å². The average molecular weight is 271 g/mol. The highest BCUT2D eigenvalue weighted by atomic mass is 79.9. The highest BCUT2D eigenvalue weighted by molar-refractivity contribution is 9.10. The normalized spacial score (nSPS) is 11.3. The van der Waals surface area contributed by atoms with Gasteiger partial charge in [-0.1, -0.05) is 0 Å². The zero-order valence-corrected chi connectivity index (χ0v) is 11.0. The summed E-state index contributed by atoms with van der Waals surface area (Å²) in [5.74, 6) is 0.00519. The van der Waals surface area contributed by atoms with E-state index in [-0.39, 0.29) is 11.4 Å². The Labute approximate surface area is 98.6 Å². The van der Waals surface area contributed by atoms with Gasteiger partial charge < -0.3 is 4.90 Å². The maximum atomic E-state index is 12.0. The van der Waals surface area contributed by atoms with Crippen molar-refractivity contribution in [2.75, 3.05) is 7.05 Å². The van der Waals surface area contributed by atoms with E-state index in [2.05, 4.69) is 20.9 Å². The molecule has 0 aliphatic carbocycles. The van der Waals surface area contributed by atoms with Crippen molar-refractivity contribution in [2.45, 2.75) is 26.3 Å². The third-order valence-corrected chi connectivity index (χ3v) is 2.72. The van der Waals surface area contributed by atoms with Crippen LogP contribution < -0.4 is 0 Å². The van der Waals surface area contributed by atoms with Crippen molar-refractivity contribution in [3.8, 4) is 0 Å². The van der Waals surface area contributed by atoms with Crippen LogP contribution in [0.4, 0.5) is 0 Å². The summed E-state index contributed by atoms with van der Waals surface area (Å²) < 4.78 is 0.677. The number of nitrogens with zero attached hydrogens (tertiary/aromatic N) is 2. The Morgan fingerprint density at radius 3 is 2.53 bits per heavy atom. The Kier molecular flexibility index (Phi) is 3.50. The first kappa shape index (κ1) is 12.2. The molecule has 0 saturated heterocycles. The van der Waals surface area contributed by atoms with Gasteiger partial charge >= 0.3 is 0 Å². The van der Waals surface area contributed by atoms with Crippen molar-refractivity contribution in [2.24, 2.45) is 0 Å². The molecule has 0 radical (unpaired) electrons. The van der Waals surface area contributed by atoms with Crippen LogP contribution in [0.15, 0.2) is 22.9 Å². The van der Waals surface area contributed by atoms with Crippen molar-refractivity contribution in [1.82, 2.24) is 9.88 Å². The number of hydrogen-bond donors (Lipinski definition) is 0. The van der Waals surface area contributed by atoms with Crippen LogP contribution in [0.25, 0.3) is 0 Å². The zero-order valence-electron chi connectivity index (χ0n) is 9.41. The average Bonchev–Trinajstić information content (AvgIpc) is 2.14. The van der Waals surface area contributed by atoms with Gasteiger partial charge in [-0.2, -0.15) is 0 Å². The second-order valence-corrected chi connectivity index (χ2v) is 5.21. The van der Waals surface area contributed by atoms with Crippen LogP contribution in [0.1, 0.15) is 31.1 Å². The summed E-state index contributed by atoms with van der Waals surface area (Å²) in [7, 11) is 1.80. The van der Waals surface area contributed by atoms with Crippen LogP contribution in [0.3, 0.4) is 0 Å². The predicted molar refractivity (Wildman–Crippen MR) is 63.8 cm³/mol. The van der Waals surface area contributed by atoms with Gasteiger partial charge in [0.15, 0.2) is 0 Å². The van der Waals surface area contributed by atoms with Crippen LogP contribution in [0, 0.1) is 0 Å². The molecule has 0 aliphatic rings. The quantitative estimate of drug-likeness (QED) is 0.736. The highest BCUT2D eigenvalue weighted by Gasteiger charge is 2.23. The van der Waals surface area contributed by atoms with Gasteiger partial charge in [-0.15, -0.1) is 0 Å². The van der Waals surface area contributed by atoms with Gasteiger partial charge in [0.1, 0.15) is 4.60 Å². The molecule has 0 bridgehead atoms. The van der Waals surface area contributed by atoms with Gasteiger partial charge in [-0.25, -0.2) is 4.98 Å². The maximum Gasteiger partial charge on any atom is 0.254 e. The number of halogens is 1. The molecule has 1 aromatic rings. The van der Waals surface area contributed by atoms with Crippen molar-refractivity contribution >= 4 is 21.8 Å². The molecule has 0 N–H and O–H groups in total. The molecule has 1 aromatic heterocycles. The third-order valence-electron chi connectivity index (χ3n) is 2.28. The van der Waals surface area contributed by atoms with Crippen LogP contribution in [0.5, 0.6) is 0 Å². The summed E-state index contributed by atoms with van der Waals surface area (Å²) in [4.78, 5) is 17.7. The molecule has 0 unspecified atom stereocenters. The molecule has 15 heavy (non-hydrogen) atoms. The molecule has 1 amide bonds. The lowest BCUT2D eigenvalue weighted by molar-refractivity contribution is 0.0655. The molecule has 0 aliphatic heterocycles. The zero-order chi connectivity index (χ0) is 11.6. The van der Waals surface area contributed by atoms with E-state index >= 15 is 0 Å². The van der Waals surface area contributed by atoms with E-state index in [0.29, 0.717) is 10.2 Å². The van der Waals surface area contributed by atoms with Crippen LogP contribution in [-0.4, -0.2) is 28.4 Å². The molecule has 0 aromatic carbocycles. The molecule has 82 valence electrons. The van der Waals surface area contributed by atoms with Gasteiger partial charge in [0.05, 0.1) is 0 Å². The summed E-state index contributed by atoms with van der Waals surface area (Å²) in [6.45, 7) is 6.00. The van der Waals surface area contributed by atoms with Crippen LogP contribution in [-0.2, 0) is 0 Å². The first-order chi connectivity index (χ1) is 6.82. The Bertz CT molecular complexity index is 371. The first-order valence-corrected chi connectivity index (χ1v) is 5.51. The molecule has 0 saturated carbocycles. The van der Waals surface area contributed by atoms with Gasteiger partial charge in [0.2, 0.25) is 0 Å². The van der Waals surface area contributed by atoms with Crippen molar-refractivity contribution in [1.29, 1.82) is 0 Å². The largest absolute Gasteiger partial charge is 0.337 e. The predicted octanol–water partition coefficient (Wildman–Crippen LogP) is 2.71. The Morgan fingerprint density at radius 1 is 1.47 bits per heavy atom. The topological polar surface area (TPSA) is 33.2 Å². The minimum absolute atomic E-state index is 0.00519. The molecule has 1 rings (SSSR count). The van der Waals surface area contributed by atoms with Gasteiger partial charge in [0.25, 0.3) is 5.91 Å². The fraction of sp³-hybridized carbons (Fsp3) is 0.455. The summed E-state index contributed by atoms with van der Waals surface area (Å²) in [5.41, 5.74) is 0.474. The highest BCUT2D eigenvalue weighted by Crippen LogP contribution is 2.16. The van der Waals surface area contributed by atoms with E-state index in [1.807, 2.05) is 20.8 Å². The number of rotatable bonds is 1.